The van der Waals surface area contributed by atoms with Crippen LogP contribution in [0.15, 0.2) is 34.2 Å². The predicted octanol–water partition coefficient (Wildman–Crippen LogP) is 3.96. The molecule has 0 N–H and O–H groups in total. The quantitative estimate of drug-likeness (QED) is 0.302. The second-order valence-corrected chi connectivity index (χ2v) is 8.72. The van der Waals surface area contributed by atoms with E-state index in [0.717, 1.165) is 15.3 Å². The third-order valence-corrected chi connectivity index (χ3v) is 6.81. The zero-order valence-corrected chi connectivity index (χ0v) is 18.5. The van der Waals surface area contributed by atoms with Crippen LogP contribution in [0.2, 0.25) is 0 Å². The normalized spacial score (nSPS) is 11.5. The fourth-order valence-corrected chi connectivity index (χ4v) is 5.13. The molecule has 0 radical (unpaired) electrons. The van der Waals surface area contributed by atoms with E-state index >= 15 is 0 Å². The van der Waals surface area contributed by atoms with Crippen LogP contribution in [0, 0.1) is 13.8 Å². The lowest BCUT2D eigenvalue weighted by molar-refractivity contribution is -0.0498. The fraction of sp³-hybridized carbons (Fsp3) is 0.316. The van der Waals surface area contributed by atoms with Gasteiger partial charge in [0, 0.05) is 11.4 Å². The predicted molar refractivity (Wildman–Crippen MR) is 114 cm³/mol. The summed E-state index contributed by atoms with van der Waals surface area (Å²) in [5.41, 5.74) is 1.52. The summed E-state index contributed by atoms with van der Waals surface area (Å²) in [5, 5.41) is 13.0. The van der Waals surface area contributed by atoms with Crippen LogP contribution in [-0.2, 0) is 12.3 Å². The Kier molecular flexibility index (Phi) is 6.01. The Morgan fingerprint density at radius 3 is 2.65 bits per heavy atom. The van der Waals surface area contributed by atoms with Gasteiger partial charge in [0.05, 0.1) is 16.8 Å². The number of aryl methyl sites for hydroxylation is 2. The minimum Gasteiger partial charge on any atom is -0.435 e. The minimum absolute atomic E-state index is 0.0498. The fourth-order valence-electron chi connectivity index (χ4n) is 3.09. The van der Waals surface area contributed by atoms with Gasteiger partial charge in [-0.1, -0.05) is 11.8 Å². The van der Waals surface area contributed by atoms with E-state index in [1.165, 1.54) is 39.9 Å². The lowest BCUT2D eigenvalue weighted by atomic mass is 10.2. The van der Waals surface area contributed by atoms with Crippen LogP contribution in [0.25, 0.3) is 15.9 Å². The van der Waals surface area contributed by atoms with Crippen LogP contribution >= 0.6 is 23.1 Å². The van der Waals surface area contributed by atoms with E-state index in [2.05, 4.69) is 20.3 Å². The maximum atomic E-state index is 13.0. The molecule has 1 aromatic carbocycles. The molecule has 0 unspecified atom stereocenters. The molecule has 0 saturated carbocycles. The van der Waals surface area contributed by atoms with Gasteiger partial charge >= 0.3 is 6.61 Å². The number of hydrogen-bond acceptors (Lipinski definition) is 8. The van der Waals surface area contributed by atoms with Crippen molar-refractivity contribution < 1.29 is 13.5 Å². The molecule has 0 aliphatic rings. The smallest absolute Gasteiger partial charge is 0.387 e. The first kappa shape index (κ1) is 21.4. The standard InChI is InChI=1S/C19H18F2N6O2S2/c1-4-26-17(28)15-10(2)11(3)31-16(15)22-19(26)30-9-14-23-24-25-27(14)12-5-7-13(8-6-12)29-18(20)21/h5-8,18H,4,9H2,1-3H3. The summed E-state index contributed by atoms with van der Waals surface area (Å²) in [6.45, 7) is 3.43. The largest absolute Gasteiger partial charge is 0.435 e. The number of thioether (sulfide) groups is 1. The van der Waals surface area contributed by atoms with Gasteiger partial charge in [-0.05, 0) is 61.0 Å². The van der Waals surface area contributed by atoms with Gasteiger partial charge in [0.1, 0.15) is 10.6 Å². The Morgan fingerprint density at radius 2 is 1.97 bits per heavy atom. The molecule has 4 aromatic rings. The molecule has 0 amide bonds. The van der Waals surface area contributed by atoms with Crippen molar-refractivity contribution in [2.24, 2.45) is 0 Å². The number of aromatic nitrogens is 6. The molecule has 0 atom stereocenters. The summed E-state index contributed by atoms with van der Waals surface area (Å²) in [6, 6.07) is 6.02. The van der Waals surface area contributed by atoms with Crippen molar-refractivity contribution in [2.75, 3.05) is 0 Å². The van der Waals surface area contributed by atoms with Crippen molar-refractivity contribution in [3.05, 3.63) is 50.9 Å². The highest BCUT2D eigenvalue weighted by atomic mass is 32.2. The Labute approximate surface area is 183 Å². The molecule has 0 saturated heterocycles. The molecule has 0 aliphatic heterocycles. The van der Waals surface area contributed by atoms with Gasteiger partial charge in [0.2, 0.25) is 0 Å². The molecular weight excluding hydrogens is 446 g/mol. The number of tetrazole rings is 1. The van der Waals surface area contributed by atoms with Crippen molar-refractivity contribution in [2.45, 2.75) is 44.8 Å². The molecule has 4 rings (SSSR count). The van der Waals surface area contributed by atoms with E-state index in [-0.39, 0.29) is 11.3 Å². The van der Waals surface area contributed by atoms with E-state index in [9.17, 15) is 13.6 Å². The van der Waals surface area contributed by atoms with E-state index < -0.39 is 6.61 Å². The monoisotopic (exact) mass is 464 g/mol. The summed E-state index contributed by atoms with van der Waals surface area (Å²) < 4.78 is 32.2. The number of hydrogen-bond donors (Lipinski definition) is 0. The molecule has 31 heavy (non-hydrogen) atoms. The Morgan fingerprint density at radius 1 is 1.23 bits per heavy atom. The third kappa shape index (κ3) is 4.17. The maximum Gasteiger partial charge on any atom is 0.387 e. The second kappa shape index (κ2) is 8.71. The molecule has 8 nitrogen and oxygen atoms in total. The van der Waals surface area contributed by atoms with Crippen LogP contribution < -0.4 is 10.3 Å². The zero-order valence-electron chi connectivity index (χ0n) is 16.9. The Balaban J connectivity index is 1.61. The van der Waals surface area contributed by atoms with Gasteiger partial charge in [-0.3, -0.25) is 9.36 Å². The molecule has 3 heterocycles. The molecule has 12 heteroatoms. The van der Waals surface area contributed by atoms with Crippen LogP contribution in [0.4, 0.5) is 8.78 Å². The Hall–Kier alpha value is -2.86. The lowest BCUT2D eigenvalue weighted by Gasteiger charge is -2.10. The highest BCUT2D eigenvalue weighted by Crippen LogP contribution is 2.29. The topological polar surface area (TPSA) is 87.7 Å². The van der Waals surface area contributed by atoms with E-state index in [4.69, 9.17) is 4.98 Å². The van der Waals surface area contributed by atoms with Crippen molar-refractivity contribution in [3.8, 4) is 11.4 Å². The van der Waals surface area contributed by atoms with Gasteiger partial charge in [-0.25, -0.2) is 4.98 Å². The third-order valence-electron chi connectivity index (χ3n) is 4.74. The van der Waals surface area contributed by atoms with E-state index in [1.54, 1.807) is 16.7 Å². The van der Waals surface area contributed by atoms with Crippen molar-refractivity contribution in [1.29, 1.82) is 0 Å². The number of thiophene rings is 1. The van der Waals surface area contributed by atoms with Gasteiger partial charge < -0.3 is 4.74 Å². The number of nitrogens with zero attached hydrogens (tertiary/aromatic N) is 6. The van der Waals surface area contributed by atoms with Gasteiger partial charge in [-0.2, -0.15) is 13.5 Å². The highest BCUT2D eigenvalue weighted by molar-refractivity contribution is 7.98. The zero-order chi connectivity index (χ0) is 22.1. The first-order valence-electron chi connectivity index (χ1n) is 9.34. The number of benzene rings is 1. The van der Waals surface area contributed by atoms with E-state index in [1.807, 2.05) is 20.8 Å². The molecular formula is C19H18F2N6O2S2. The maximum absolute atomic E-state index is 13.0. The summed E-state index contributed by atoms with van der Waals surface area (Å²) in [5.74, 6) is 0.945. The van der Waals surface area contributed by atoms with Gasteiger partial charge in [0.15, 0.2) is 11.0 Å². The van der Waals surface area contributed by atoms with Gasteiger partial charge in [-0.15, -0.1) is 16.4 Å². The lowest BCUT2D eigenvalue weighted by Crippen LogP contribution is -2.22. The molecule has 0 aliphatic carbocycles. The number of rotatable bonds is 7. The SMILES string of the molecule is CCn1c(SCc2nnnn2-c2ccc(OC(F)F)cc2)nc2sc(C)c(C)c2c1=O. The van der Waals surface area contributed by atoms with Crippen LogP contribution in [0.3, 0.4) is 0 Å². The Bertz CT molecular complexity index is 1280. The number of fused-ring (bicyclic) bond motifs is 1. The van der Waals surface area contributed by atoms with E-state index in [0.29, 0.717) is 34.4 Å². The molecule has 0 fully saturated rings. The van der Waals surface area contributed by atoms with Crippen LogP contribution in [0.5, 0.6) is 5.75 Å². The summed E-state index contributed by atoms with van der Waals surface area (Å²) in [6.07, 6.45) is 0. The molecule has 0 bridgehead atoms. The van der Waals surface area contributed by atoms with Crippen LogP contribution in [-0.4, -0.2) is 36.4 Å². The average molecular weight is 465 g/mol. The van der Waals surface area contributed by atoms with Crippen LogP contribution in [0.1, 0.15) is 23.2 Å². The first-order valence-corrected chi connectivity index (χ1v) is 11.1. The number of ether oxygens (including phenoxy) is 1. The number of alkyl halides is 2. The first-order chi connectivity index (χ1) is 14.9. The average Bonchev–Trinajstić information content (AvgIpc) is 3.31. The minimum atomic E-state index is -2.89. The summed E-state index contributed by atoms with van der Waals surface area (Å²) in [4.78, 5) is 19.5. The van der Waals surface area contributed by atoms with Crippen molar-refractivity contribution in [3.63, 3.8) is 0 Å². The molecule has 3 aromatic heterocycles. The molecule has 0 spiro atoms. The summed E-state index contributed by atoms with van der Waals surface area (Å²) >= 11 is 2.87. The van der Waals surface area contributed by atoms with Gasteiger partial charge in [0.25, 0.3) is 5.56 Å². The van der Waals surface area contributed by atoms with Crippen molar-refractivity contribution in [1.82, 2.24) is 29.8 Å². The molecule has 162 valence electrons. The van der Waals surface area contributed by atoms with Crippen molar-refractivity contribution >= 4 is 33.3 Å². The highest BCUT2D eigenvalue weighted by Gasteiger charge is 2.17. The second-order valence-electron chi connectivity index (χ2n) is 6.58. The number of halogens is 2. The summed E-state index contributed by atoms with van der Waals surface area (Å²) in [7, 11) is 0.